The van der Waals surface area contributed by atoms with Gasteiger partial charge in [0.2, 0.25) is 0 Å². The summed E-state index contributed by atoms with van der Waals surface area (Å²) in [6.45, 7) is 4.55. The lowest BCUT2D eigenvalue weighted by molar-refractivity contribution is -0.889. The number of nitrogens with zero attached hydrogens (tertiary/aromatic N) is 1. The molecule has 0 saturated heterocycles. The van der Waals surface area contributed by atoms with Gasteiger partial charge in [0.05, 0.1) is 40.3 Å². The van der Waals surface area contributed by atoms with E-state index in [4.69, 9.17) is 14.2 Å². The topological polar surface area (TPSA) is 102 Å². The molecule has 2 atom stereocenters. The first kappa shape index (κ1) is 55.3. The molecule has 0 N–H and O–H groups in total. The third-order valence-electron chi connectivity index (χ3n) is 10.5. The summed E-state index contributed by atoms with van der Waals surface area (Å²) >= 11 is 0. The number of esters is 2. The van der Waals surface area contributed by atoms with Crippen molar-refractivity contribution in [3.05, 3.63) is 48.6 Å². The quantitative estimate of drug-likeness (QED) is 0.0262. The third kappa shape index (κ3) is 38.8. The molecule has 336 valence electrons. The summed E-state index contributed by atoms with van der Waals surface area (Å²) in [6.07, 6.45) is 48.5. The Labute approximate surface area is 356 Å². The van der Waals surface area contributed by atoms with Crippen LogP contribution in [0.3, 0.4) is 0 Å². The summed E-state index contributed by atoms with van der Waals surface area (Å²) in [5, 5.41) is 11.6. The van der Waals surface area contributed by atoms with Crippen LogP contribution >= 0.6 is 0 Å². The SMILES string of the molecule is CC/C=C/C/C=C/C/C=C/C/C=C/CCCCCCCCCCCCC(=O)OC(COCCC(C(=O)[O-])[N+](C)(C)C)COC(=O)CCCCCCCCCCCCC. The van der Waals surface area contributed by atoms with Gasteiger partial charge in [0.25, 0.3) is 0 Å². The number of hydrogen-bond donors (Lipinski definition) is 0. The molecule has 0 bridgehead atoms. The van der Waals surface area contributed by atoms with Crippen LogP contribution in [0.5, 0.6) is 0 Å². The summed E-state index contributed by atoms with van der Waals surface area (Å²) in [5.74, 6) is -1.74. The van der Waals surface area contributed by atoms with Crippen molar-refractivity contribution in [2.45, 2.75) is 212 Å². The molecule has 8 heteroatoms. The number of unbranched alkanes of at least 4 members (excludes halogenated alkanes) is 20. The number of allylic oxidation sites excluding steroid dienone is 8. The Morgan fingerprint density at radius 2 is 0.966 bits per heavy atom. The van der Waals surface area contributed by atoms with Gasteiger partial charge in [-0.15, -0.1) is 0 Å². The van der Waals surface area contributed by atoms with Gasteiger partial charge in [-0.05, 0) is 51.4 Å². The molecule has 0 aromatic carbocycles. The molecule has 0 rings (SSSR count). The van der Waals surface area contributed by atoms with Gasteiger partial charge in [0.15, 0.2) is 6.10 Å². The first-order chi connectivity index (χ1) is 28.1. The van der Waals surface area contributed by atoms with Crippen molar-refractivity contribution in [1.82, 2.24) is 0 Å². The molecule has 0 radical (unpaired) electrons. The maximum absolute atomic E-state index is 12.7. The van der Waals surface area contributed by atoms with Crippen LogP contribution in [-0.2, 0) is 28.6 Å². The lowest BCUT2D eigenvalue weighted by Crippen LogP contribution is -2.55. The molecule has 58 heavy (non-hydrogen) atoms. The second-order valence-corrected chi connectivity index (χ2v) is 17.0. The minimum atomic E-state index is -1.13. The molecule has 0 aliphatic heterocycles. The summed E-state index contributed by atoms with van der Waals surface area (Å²) in [4.78, 5) is 36.9. The van der Waals surface area contributed by atoms with Gasteiger partial charge < -0.3 is 28.6 Å². The van der Waals surface area contributed by atoms with E-state index in [1.807, 2.05) is 0 Å². The number of quaternary nitrogens is 1. The van der Waals surface area contributed by atoms with E-state index in [2.05, 4.69) is 62.5 Å². The van der Waals surface area contributed by atoms with Crippen LogP contribution in [-0.4, -0.2) is 75.5 Å². The monoisotopic (exact) mass is 816 g/mol. The second-order valence-electron chi connectivity index (χ2n) is 17.0. The Balaban J connectivity index is 4.23. The third-order valence-corrected chi connectivity index (χ3v) is 10.5. The summed E-state index contributed by atoms with van der Waals surface area (Å²) in [5.41, 5.74) is 0. The van der Waals surface area contributed by atoms with Crippen molar-refractivity contribution in [3.63, 3.8) is 0 Å². The van der Waals surface area contributed by atoms with Crippen molar-refractivity contribution in [2.75, 3.05) is 41.0 Å². The minimum Gasteiger partial charge on any atom is -0.544 e. The number of likely N-dealkylation sites (N-methyl/N-ethyl adjacent to an activating group) is 1. The van der Waals surface area contributed by atoms with Crippen LogP contribution in [0.15, 0.2) is 48.6 Å². The number of carboxylic acid groups (broad SMARTS) is 1. The van der Waals surface area contributed by atoms with Gasteiger partial charge in [0, 0.05) is 19.3 Å². The number of rotatable bonds is 42. The van der Waals surface area contributed by atoms with Crippen LogP contribution in [0.25, 0.3) is 0 Å². The molecular weight excluding hydrogens is 727 g/mol. The van der Waals surface area contributed by atoms with Gasteiger partial charge in [-0.3, -0.25) is 9.59 Å². The van der Waals surface area contributed by atoms with Crippen molar-refractivity contribution in [3.8, 4) is 0 Å². The number of ether oxygens (including phenoxy) is 3. The predicted molar refractivity (Wildman–Crippen MR) is 240 cm³/mol. The van der Waals surface area contributed by atoms with Gasteiger partial charge in [-0.1, -0.05) is 178 Å². The molecule has 0 heterocycles. The average molecular weight is 816 g/mol. The molecule has 0 fully saturated rings. The maximum Gasteiger partial charge on any atom is 0.306 e. The van der Waals surface area contributed by atoms with E-state index < -0.39 is 18.1 Å². The highest BCUT2D eigenvalue weighted by atomic mass is 16.6. The van der Waals surface area contributed by atoms with Gasteiger partial charge in [0.1, 0.15) is 12.6 Å². The standard InChI is InChI=1S/C50H89NO7/c1-6-8-10-12-14-16-18-19-20-21-22-23-24-25-26-27-28-29-31-33-35-37-39-41-49(53)58-46(44-56-43-42-47(50(54)55)51(3,4)5)45-57-48(52)40-38-36-34-32-30-17-15-13-11-9-7-2/h8,10,14,16,19-20,22-23,46-47H,6-7,9,11-13,15,17-18,21,24-45H2,1-5H3/b10-8+,16-14+,20-19+,23-22+. The van der Waals surface area contributed by atoms with E-state index in [0.29, 0.717) is 12.8 Å². The highest BCUT2D eigenvalue weighted by molar-refractivity contribution is 5.70. The Bertz CT molecular complexity index is 1090. The van der Waals surface area contributed by atoms with Crippen molar-refractivity contribution >= 4 is 17.9 Å². The number of carbonyl (C=O) groups excluding carboxylic acids is 3. The van der Waals surface area contributed by atoms with Crippen molar-refractivity contribution in [1.29, 1.82) is 0 Å². The number of carboxylic acids is 1. The molecule has 2 unspecified atom stereocenters. The number of aliphatic carboxylic acids is 1. The maximum atomic E-state index is 12.7. The van der Waals surface area contributed by atoms with Crippen LogP contribution < -0.4 is 5.11 Å². The molecule has 8 nitrogen and oxygen atoms in total. The lowest BCUT2D eigenvalue weighted by atomic mass is 10.0. The fourth-order valence-electron chi connectivity index (χ4n) is 6.83. The molecule has 0 aromatic rings. The van der Waals surface area contributed by atoms with E-state index in [1.165, 1.54) is 103 Å². The van der Waals surface area contributed by atoms with Crippen molar-refractivity contribution < 1.29 is 38.2 Å². The normalized spacial score (nSPS) is 13.3. The first-order valence-corrected chi connectivity index (χ1v) is 23.7. The molecule has 0 spiro atoms. The Hall–Kier alpha value is -2.71. The van der Waals surface area contributed by atoms with E-state index in [-0.39, 0.29) is 42.7 Å². The predicted octanol–water partition coefficient (Wildman–Crippen LogP) is 11.9. The molecular formula is C50H89NO7. The van der Waals surface area contributed by atoms with Gasteiger partial charge >= 0.3 is 11.9 Å². The van der Waals surface area contributed by atoms with Crippen molar-refractivity contribution in [2.24, 2.45) is 0 Å². The smallest absolute Gasteiger partial charge is 0.306 e. The first-order valence-electron chi connectivity index (χ1n) is 23.7. The largest absolute Gasteiger partial charge is 0.544 e. The Morgan fingerprint density at radius 1 is 0.534 bits per heavy atom. The molecule has 0 aliphatic carbocycles. The highest BCUT2D eigenvalue weighted by Crippen LogP contribution is 2.15. The Kier molecular flexibility index (Phi) is 39.1. The zero-order valence-corrected chi connectivity index (χ0v) is 38.2. The number of hydrogen-bond acceptors (Lipinski definition) is 7. The van der Waals surface area contributed by atoms with Gasteiger partial charge in [-0.25, -0.2) is 0 Å². The van der Waals surface area contributed by atoms with Gasteiger partial charge in [-0.2, -0.15) is 0 Å². The minimum absolute atomic E-state index is 0.0405. The molecule has 0 aromatic heterocycles. The Morgan fingerprint density at radius 3 is 1.43 bits per heavy atom. The zero-order chi connectivity index (χ0) is 42.8. The van der Waals surface area contributed by atoms with E-state index in [0.717, 1.165) is 64.2 Å². The van der Waals surface area contributed by atoms with Crippen LogP contribution in [0.1, 0.15) is 200 Å². The van der Waals surface area contributed by atoms with Crippen LogP contribution in [0.4, 0.5) is 0 Å². The van der Waals surface area contributed by atoms with E-state index in [1.54, 1.807) is 21.1 Å². The number of carbonyl (C=O) groups is 3. The summed E-state index contributed by atoms with van der Waals surface area (Å²) < 4.78 is 17.2. The highest BCUT2D eigenvalue weighted by Gasteiger charge is 2.25. The molecule has 0 amide bonds. The fraction of sp³-hybridized carbons (Fsp3) is 0.780. The fourth-order valence-corrected chi connectivity index (χ4v) is 6.83. The van der Waals surface area contributed by atoms with E-state index >= 15 is 0 Å². The van der Waals surface area contributed by atoms with E-state index in [9.17, 15) is 19.5 Å². The average Bonchev–Trinajstić information content (AvgIpc) is 3.18. The lowest BCUT2D eigenvalue weighted by Gasteiger charge is -2.34. The second kappa shape index (κ2) is 41.0. The van der Waals surface area contributed by atoms with Crippen LogP contribution in [0.2, 0.25) is 0 Å². The summed E-state index contributed by atoms with van der Waals surface area (Å²) in [7, 11) is 5.41. The zero-order valence-electron chi connectivity index (χ0n) is 38.2. The summed E-state index contributed by atoms with van der Waals surface area (Å²) in [6, 6.07) is -0.725. The molecule has 0 saturated carbocycles. The van der Waals surface area contributed by atoms with Crippen LogP contribution in [0, 0.1) is 0 Å². The molecule has 0 aliphatic rings.